The van der Waals surface area contributed by atoms with Crippen LogP contribution >= 0.6 is 0 Å². The molecule has 0 atom stereocenters. The molecule has 0 aliphatic carbocycles. The van der Waals surface area contributed by atoms with Crippen LogP contribution < -0.4 is 20.1 Å². The van der Waals surface area contributed by atoms with Gasteiger partial charge in [0.05, 0.1) is 18.7 Å². The Hall–Kier alpha value is -4.12. The molecule has 0 radical (unpaired) electrons. The van der Waals surface area contributed by atoms with Crippen LogP contribution in [0.1, 0.15) is 16.7 Å². The standard InChI is InChI=1S/C20H15N3O5/c1-27-17-9-12(8-15-18(24)22-20(26)23-19(15)25)6-7-16(17)28-11-14-5-3-2-4-13(14)10-21/h2-9H,11H2,1H3,(H2,22,23,24,25,26). The van der Waals surface area contributed by atoms with Crippen molar-refractivity contribution in [1.29, 1.82) is 5.26 Å². The van der Waals surface area contributed by atoms with Crippen molar-refractivity contribution >= 4 is 23.9 Å². The molecule has 28 heavy (non-hydrogen) atoms. The van der Waals surface area contributed by atoms with Crippen molar-refractivity contribution in [2.75, 3.05) is 7.11 Å². The number of barbiturate groups is 1. The largest absolute Gasteiger partial charge is 0.493 e. The molecule has 8 nitrogen and oxygen atoms in total. The first-order chi connectivity index (χ1) is 13.5. The smallest absolute Gasteiger partial charge is 0.328 e. The summed E-state index contributed by atoms with van der Waals surface area (Å²) in [5.41, 5.74) is 1.57. The van der Waals surface area contributed by atoms with Gasteiger partial charge in [0, 0.05) is 5.56 Å². The molecule has 0 bridgehead atoms. The maximum Gasteiger partial charge on any atom is 0.328 e. The Kier molecular flexibility index (Phi) is 5.37. The Bertz CT molecular complexity index is 1010. The van der Waals surface area contributed by atoms with E-state index in [1.54, 1.807) is 36.4 Å². The zero-order chi connectivity index (χ0) is 20.1. The third-order valence-corrected chi connectivity index (χ3v) is 3.96. The van der Waals surface area contributed by atoms with E-state index in [4.69, 9.17) is 14.7 Å². The number of carbonyl (C=O) groups excluding carboxylic acids is 3. The van der Waals surface area contributed by atoms with E-state index in [1.165, 1.54) is 13.2 Å². The lowest BCUT2D eigenvalue weighted by Crippen LogP contribution is -2.51. The van der Waals surface area contributed by atoms with Gasteiger partial charge >= 0.3 is 6.03 Å². The van der Waals surface area contributed by atoms with Gasteiger partial charge in [-0.15, -0.1) is 0 Å². The Labute approximate surface area is 160 Å². The monoisotopic (exact) mass is 377 g/mol. The number of nitrogens with one attached hydrogen (secondary N) is 2. The number of methoxy groups -OCH3 is 1. The normalized spacial score (nSPS) is 13.3. The first kappa shape index (κ1) is 18.7. The van der Waals surface area contributed by atoms with Crippen molar-refractivity contribution in [3.05, 3.63) is 64.7 Å². The number of imide groups is 2. The van der Waals surface area contributed by atoms with Gasteiger partial charge < -0.3 is 9.47 Å². The lowest BCUT2D eigenvalue weighted by molar-refractivity contribution is -0.123. The van der Waals surface area contributed by atoms with Crippen molar-refractivity contribution in [3.8, 4) is 17.6 Å². The topological polar surface area (TPSA) is 118 Å². The number of nitrogens with zero attached hydrogens (tertiary/aromatic N) is 1. The highest BCUT2D eigenvalue weighted by Gasteiger charge is 2.27. The summed E-state index contributed by atoms with van der Waals surface area (Å²) in [5.74, 6) is -0.732. The van der Waals surface area contributed by atoms with Crippen LogP contribution in [0.3, 0.4) is 0 Å². The number of ether oxygens (including phenoxy) is 2. The van der Waals surface area contributed by atoms with E-state index in [-0.39, 0.29) is 12.2 Å². The number of benzene rings is 2. The van der Waals surface area contributed by atoms with Crippen molar-refractivity contribution in [2.45, 2.75) is 6.61 Å². The lowest BCUT2D eigenvalue weighted by atomic mass is 10.1. The molecule has 3 rings (SSSR count). The molecule has 0 spiro atoms. The van der Waals surface area contributed by atoms with Crippen LogP contribution in [0.15, 0.2) is 48.0 Å². The number of hydrogen-bond donors (Lipinski definition) is 2. The SMILES string of the molecule is COc1cc(C=C2C(=O)NC(=O)NC2=O)ccc1OCc1ccccc1C#N. The van der Waals surface area contributed by atoms with Crippen molar-refractivity contribution < 1.29 is 23.9 Å². The molecule has 8 heteroatoms. The molecule has 0 saturated carbocycles. The van der Waals surface area contributed by atoms with E-state index in [1.807, 2.05) is 16.7 Å². The van der Waals surface area contributed by atoms with E-state index < -0.39 is 17.8 Å². The van der Waals surface area contributed by atoms with Crippen LogP contribution in [0, 0.1) is 11.3 Å². The van der Waals surface area contributed by atoms with E-state index in [9.17, 15) is 14.4 Å². The van der Waals surface area contributed by atoms with E-state index >= 15 is 0 Å². The second-order valence-corrected chi connectivity index (χ2v) is 5.76. The van der Waals surface area contributed by atoms with Gasteiger partial charge in [-0.1, -0.05) is 24.3 Å². The van der Waals surface area contributed by atoms with Crippen molar-refractivity contribution in [3.63, 3.8) is 0 Å². The zero-order valence-corrected chi connectivity index (χ0v) is 14.8. The van der Waals surface area contributed by atoms with Crippen LogP contribution in [0.25, 0.3) is 6.08 Å². The highest BCUT2D eigenvalue weighted by atomic mass is 16.5. The number of nitriles is 1. The average Bonchev–Trinajstić information content (AvgIpc) is 2.69. The van der Waals surface area contributed by atoms with Gasteiger partial charge in [0.15, 0.2) is 11.5 Å². The van der Waals surface area contributed by atoms with Gasteiger partial charge in [-0.25, -0.2) is 4.79 Å². The summed E-state index contributed by atoms with van der Waals surface area (Å²) in [7, 11) is 1.46. The summed E-state index contributed by atoms with van der Waals surface area (Å²) >= 11 is 0. The van der Waals surface area contributed by atoms with Gasteiger partial charge in [0.1, 0.15) is 12.2 Å². The molecule has 1 aliphatic heterocycles. The highest BCUT2D eigenvalue weighted by molar-refractivity contribution is 6.31. The fraction of sp³-hybridized carbons (Fsp3) is 0.100. The molecular weight excluding hydrogens is 362 g/mol. The van der Waals surface area contributed by atoms with Gasteiger partial charge in [-0.2, -0.15) is 5.26 Å². The van der Waals surface area contributed by atoms with E-state index in [2.05, 4.69) is 6.07 Å². The molecule has 2 aromatic rings. The summed E-state index contributed by atoms with van der Waals surface area (Å²) in [6.45, 7) is 0.174. The van der Waals surface area contributed by atoms with Gasteiger partial charge in [-0.05, 0) is 29.8 Å². The van der Waals surface area contributed by atoms with Gasteiger partial charge in [-0.3, -0.25) is 20.2 Å². The van der Waals surface area contributed by atoms with E-state index in [0.29, 0.717) is 22.6 Å². The number of hydrogen-bond acceptors (Lipinski definition) is 6. The fourth-order valence-corrected chi connectivity index (χ4v) is 2.58. The number of urea groups is 1. The minimum atomic E-state index is -0.855. The molecule has 2 N–H and O–H groups in total. The zero-order valence-electron chi connectivity index (χ0n) is 14.8. The second-order valence-electron chi connectivity index (χ2n) is 5.76. The number of rotatable bonds is 5. The Morgan fingerprint density at radius 3 is 2.43 bits per heavy atom. The Balaban J connectivity index is 1.82. The Morgan fingerprint density at radius 2 is 1.75 bits per heavy atom. The predicted molar refractivity (Wildman–Crippen MR) is 98.1 cm³/mol. The molecule has 140 valence electrons. The third-order valence-electron chi connectivity index (χ3n) is 3.96. The van der Waals surface area contributed by atoms with Gasteiger partial charge in [0.25, 0.3) is 11.8 Å². The molecule has 2 aromatic carbocycles. The maximum absolute atomic E-state index is 11.8. The average molecular weight is 377 g/mol. The minimum Gasteiger partial charge on any atom is -0.493 e. The first-order valence-corrected chi connectivity index (χ1v) is 8.19. The fourth-order valence-electron chi connectivity index (χ4n) is 2.58. The molecule has 1 aliphatic rings. The molecule has 0 aromatic heterocycles. The van der Waals surface area contributed by atoms with Crippen LogP contribution in [0.5, 0.6) is 11.5 Å². The molecule has 0 unspecified atom stereocenters. The number of amides is 4. The first-order valence-electron chi connectivity index (χ1n) is 8.19. The second kappa shape index (κ2) is 8.05. The van der Waals surface area contributed by atoms with Gasteiger partial charge in [0.2, 0.25) is 0 Å². The van der Waals surface area contributed by atoms with E-state index in [0.717, 1.165) is 5.56 Å². The molecular formula is C20H15N3O5. The lowest BCUT2D eigenvalue weighted by Gasteiger charge is -2.15. The van der Waals surface area contributed by atoms with Crippen LogP contribution in [-0.2, 0) is 16.2 Å². The Morgan fingerprint density at radius 1 is 1.04 bits per heavy atom. The molecule has 1 fully saturated rings. The summed E-state index contributed by atoms with van der Waals surface area (Å²) in [5, 5.41) is 13.2. The third kappa shape index (κ3) is 3.99. The van der Waals surface area contributed by atoms with Crippen molar-refractivity contribution in [1.82, 2.24) is 10.6 Å². The predicted octanol–water partition coefficient (Wildman–Crippen LogP) is 1.90. The molecule has 4 amide bonds. The summed E-state index contributed by atoms with van der Waals surface area (Å²) < 4.78 is 11.1. The minimum absolute atomic E-state index is 0.174. The summed E-state index contributed by atoms with van der Waals surface area (Å²) in [6.07, 6.45) is 1.34. The quantitative estimate of drug-likeness (QED) is 0.607. The van der Waals surface area contributed by atoms with Crippen LogP contribution in [-0.4, -0.2) is 25.0 Å². The van der Waals surface area contributed by atoms with Crippen molar-refractivity contribution in [2.24, 2.45) is 0 Å². The highest BCUT2D eigenvalue weighted by Crippen LogP contribution is 2.30. The summed E-state index contributed by atoms with van der Waals surface area (Å²) in [4.78, 5) is 34.7. The number of carbonyl (C=O) groups is 3. The maximum atomic E-state index is 11.8. The van der Waals surface area contributed by atoms with Crippen LogP contribution in [0.4, 0.5) is 4.79 Å². The van der Waals surface area contributed by atoms with Crippen LogP contribution in [0.2, 0.25) is 0 Å². The summed E-state index contributed by atoms with van der Waals surface area (Å²) in [6, 6.07) is 13.2. The molecule has 1 heterocycles. The molecule has 1 saturated heterocycles.